The SMILES string of the molecule is CC(C)C[C@H](CNC(=O)O[C@H](C)C1c2ccccc2-c2ccccc21)C(=O)O. The van der Waals surface area contributed by atoms with E-state index < -0.39 is 18.0 Å². The van der Waals surface area contributed by atoms with Crippen molar-refractivity contribution in [1.29, 1.82) is 0 Å². The lowest BCUT2D eigenvalue weighted by Crippen LogP contribution is -2.36. The van der Waals surface area contributed by atoms with Crippen molar-refractivity contribution < 1.29 is 19.4 Å². The largest absolute Gasteiger partial charge is 0.481 e. The molecule has 2 atom stereocenters. The van der Waals surface area contributed by atoms with Crippen molar-refractivity contribution in [3.63, 3.8) is 0 Å². The molecule has 0 radical (unpaired) electrons. The van der Waals surface area contributed by atoms with Gasteiger partial charge in [0, 0.05) is 12.5 Å². The first-order chi connectivity index (χ1) is 13.4. The van der Waals surface area contributed by atoms with Gasteiger partial charge in [0.05, 0.1) is 5.92 Å². The Labute approximate surface area is 165 Å². The predicted octanol–water partition coefficient (Wildman–Crippen LogP) is 4.66. The Morgan fingerprint density at radius 1 is 1.00 bits per heavy atom. The second-order valence-corrected chi connectivity index (χ2v) is 7.81. The maximum Gasteiger partial charge on any atom is 0.407 e. The van der Waals surface area contributed by atoms with Crippen LogP contribution in [-0.2, 0) is 9.53 Å². The summed E-state index contributed by atoms with van der Waals surface area (Å²) in [6.45, 7) is 5.87. The van der Waals surface area contributed by atoms with Crippen LogP contribution in [0.1, 0.15) is 44.2 Å². The van der Waals surface area contributed by atoms with Gasteiger partial charge in [-0.25, -0.2) is 4.79 Å². The van der Waals surface area contributed by atoms with Crippen LogP contribution in [0, 0.1) is 11.8 Å². The molecule has 148 valence electrons. The Bertz CT molecular complexity index is 816. The van der Waals surface area contributed by atoms with Crippen LogP contribution >= 0.6 is 0 Å². The van der Waals surface area contributed by atoms with Gasteiger partial charge in [0.15, 0.2) is 0 Å². The fraction of sp³-hybridized carbons (Fsp3) is 0.391. The van der Waals surface area contributed by atoms with Gasteiger partial charge < -0.3 is 15.2 Å². The van der Waals surface area contributed by atoms with Crippen LogP contribution in [0.25, 0.3) is 11.1 Å². The topological polar surface area (TPSA) is 75.6 Å². The van der Waals surface area contributed by atoms with E-state index >= 15 is 0 Å². The molecule has 2 aromatic rings. The Hall–Kier alpha value is -2.82. The van der Waals surface area contributed by atoms with Crippen LogP contribution in [0.4, 0.5) is 4.79 Å². The molecule has 2 N–H and O–H groups in total. The van der Waals surface area contributed by atoms with E-state index in [9.17, 15) is 14.7 Å². The van der Waals surface area contributed by atoms with Gasteiger partial charge >= 0.3 is 12.1 Å². The molecule has 0 aliphatic heterocycles. The number of hydrogen-bond donors (Lipinski definition) is 2. The molecule has 28 heavy (non-hydrogen) atoms. The van der Waals surface area contributed by atoms with Gasteiger partial charge in [-0.05, 0) is 41.5 Å². The summed E-state index contributed by atoms with van der Waals surface area (Å²) in [5, 5.41) is 11.9. The highest BCUT2D eigenvalue weighted by molar-refractivity contribution is 5.79. The van der Waals surface area contributed by atoms with Crippen LogP contribution in [0.15, 0.2) is 48.5 Å². The maximum atomic E-state index is 12.3. The minimum absolute atomic E-state index is 0.0379. The van der Waals surface area contributed by atoms with Crippen molar-refractivity contribution in [2.75, 3.05) is 6.54 Å². The van der Waals surface area contributed by atoms with E-state index in [1.165, 1.54) is 11.1 Å². The molecule has 0 bridgehead atoms. The average Bonchev–Trinajstić information content (AvgIpc) is 2.99. The number of carbonyl (C=O) groups is 2. The monoisotopic (exact) mass is 381 g/mol. The average molecular weight is 381 g/mol. The van der Waals surface area contributed by atoms with Gasteiger partial charge in [0.1, 0.15) is 6.10 Å². The minimum Gasteiger partial charge on any atom is -0.481 e. The highest BCUT2D eigenvalue weighted by atomic mass is 16.6. The van der Waals surface area contributed by atoms with Crippen LogP contribution in [0.2, 0.25) is 0 Å². The van der Waals surface area contributed by atoms with Gasteiger partial charge in [-0.1, -0.05) is 62.4 Å². The highest BCUT2D eigenvalue weighted by Gasteiger charge is 2.34. The molecule has 3 rings (SSSR count). The normalized spacial score (nSPS) is 14.9. The Morgan fingerprint density at radius 3 is 2.04 bits per heavy atom. The molecule has 5 heteroatoms. The number of amides is 1. The number of rotatable bonds is 7. The summed E-state index contributed by atoms with van der Waals surface area (Å²) in [5.41, 5.74) is 4.63. The third kappa shape index (κ3) is 4.19. The number of nitrogens with one attached hydrogen (secondary N) is 1. The van der Waals surface area contributed by atoms with E-state index in [2.05, 4.69) is 29.6 Å². The standard InChI is InChI=1S/C23H27NO4/c1-14(2)12-16(22(25)26)13-24-23(27)28-15(3)21-19-10-6-4-8-17(19)18-9-5-7-11-20(18)21/h4-11,14-16,21H,12-13H2,1-3H3,(H,24,27)(H,25,26)/t15-,16-/m1/s1. The summed E-state index contributed by atoms with van der Waals surface area (Å²) >= 11 is 0. The molecule has 2 aromatic carbocycles. The van der Waals surface area contributed by atoms with E-state index in [1.807, 2.05) is 45.0 Å². The number of carboxylic acids is 1. The summed E-state index contributed by atoms with van der Waals surface area (Å²) in [6.07, 6.45) is -0.448. The lowest BCUT2D eigenvalue weighted by Gasteiger charge is -2.23. The molecular weight excluding hydrogens is 354 g/mol. The van der Waals surface area contributed by atoms with Crippen LogP contribution < -0.4 is 5.32 Å². The minimum atomic E-state index is -0.902. The first-order valence-corrected chi connectivity index (χ1v) is 9.74. The summed E-state index contributed by atoms with van der Waals surface area (Å²) in [5.74, 6) is -1.31. The number of alkyl carbamates (subject to hydrolysis) is 1. The molecule has 0 unspecified atom stereocenters. The molecule has 0 aromatic heterocycles. The third-order valence-corrected chi connectivity index (χ3v) is 5.24. The smallest absolute Gasteiger partial charge is 0.407 e. The zero-order valence-electron chi connectivity index (χ0n) is 16.5. The van der Waals surface area contributed by atoms with Crippen molar-refractivity contribution >= 4 is 12.1 Å². The number of fused-ring (bicyclic) bond motifs is 3. The lowest BCUT2D eigenvalue weighted by atomic mass is 9.92. The molecule has 0 fully saturated rings. The molecule has 1 amide bonds. The second kappa shape index (κ2) is 8.46. The highest BCUT2D eigenvalue weighted by Crippen LogP contribution is 2.46. The maximum absolute atomic E-state index is 12.3. The Kier molecular flexibility index (Phi) is 6.02. The van der Waals surface area contributed by atoms with Crippen LogP contribution in [0.5, 0.6) is 0 Å². The van der Waals surface area contributed by atoms with Gasteiger partial charge in [-0.15, -0.1) is 0 Å². The zero-order chi connectivity index (χ0) is 20.3. The number of hydrogen-bond acceptors (Lipinski definition) is 3. The van der Waals surface area contributed by atoms with Crippen molar-refractivity contribution in [3.8, 4) is 11.1 Å². The Balaban J connectivity index is 1.68. The Morgan fingerprint density at radius 2 is 1.54 bits per heavy atom. The molecule has 1 aliphatic rings. The molecule has 5 nitrogen and oxygen atoms in total. The first kappa shape index (κ1) is 19.9. The van der Waals surface area contributed by atoms with Crippen LogP contribution in [-0.4, -0.2) is 29.8 Å². The number of benzene rings is 2. The molecule has 0 spiro atoms. The first-order valence-electron chi connectivity index (χ1n) is 9.74. The van der Waals surface area contributed by atoms with Crippen molar-refractivity contribution in [1.82, 2.24) is 5.32 Å². The van der Waals surface area contributed by atoms with Gasteiger partial charge in [-0.2, -0.15) is 0 Å². The zero-order valence-corrected chi connectivity index (χ0v) is 16.5. The molecule has 1 aliphatic carbocycles. The van der Waals surface area contributed by atoms with Crippen molar-refractivity contribution in [2.24, 2.45) is 11.8 Å². The van der Waals surface area contributed by atoms with Crippen molar-refractivity contribution in [3.05, 3.63) is 59.7 Å². The van der Waals surface area contributed by atoms with E-state index in [4.69, 9.17) is 4.74 Å². The van der Waals surface area contributed by atoms with Crippen molar-refractivity contribution in [2.45, 2.75) is 39.2 Å². The summed E-state index contributed by atoms with van der Waals surface area (Å²) in [6, 6.07) is 16.3. The van der Waals surface area contributed by atoms with E-state index in [0.29, 0.717) is 6.42 Å². The van der Waals surface area contributed by atoms with Gasteiger partial charge in [-0.3, -0.25) is 4.79 Å². The molecular formula is C23H27NO4. The second-order valence-electron chi connectivity index (χ2n) is 7.81. The quantitative estimate of drug-likeness (QED) is 0.731. The third-order valence-electron chi connectivity index (χ3n) is 5.24. The van der Waals surface area contributed by atoms with Gasteiger partial charge in [0.2, 0.25) is 0 Å². The van der Waals surface area contributed by atoms with E-state index in [-0.39, 0.29) is 24.5 Å². The fourth-order valence-corrected chi connectivity index (χ4v) is 4.03. The van der Waals surface area contributed by atoms with Crippen LogP contribution in [0.3, 0.4) is 0 Å². The number of carboxylic acid groups (broad SMARTS) is 1. The number of ether oxygens (including phenoxy) is 1. The molecule has 0 heterocycles. The van der Waals surface area contributed by atoms with Gasteiger partial charge in [0.25, 0.3) is 0 Å². The number of aliphatic carboxylic acids is 1. The van der Waals surface area contributed by atoms with E-state index in [1.54, 1.807) is 0 Å². The molecule has 0 saturated carbocycles. The molecule has 0 saturated heterocycles. The predicted molar refractivity (Wildman–Crippen MR) is 108 cm³/mol. The fourth-order valence-electron chi connectivity index (χ4n) is 4.03. The lowest BCUT2D eigenvalue weighted by molar-refractivity contribution is -0.142. The van der Waals surface area contributed by atoms with E-state index in [0.717, 1.165) is 11.1 Å². The summed E-state index contributed by atoms with van der Waals surface area (Å²) < 4.78 is 5.64. The summed E-state index contributed by atoms with van der Waals surface area (Å²) in [4.78, 5) is 23.7. The summed E-state index contributed by atoms with van der Waals surface area (Å²) in [7, 11) is 0. The number of carbonyl (C=O) groups excluding carboxylic acids is 1.